The molecule has 0 bridgehead atoms. The third kappa shape index (κ3) is 7.93. The standard InChI is InChI=1S/C86H54N14S/c1-3-27-59(28-4-1)101(60-29-5-2-6-30-60,61-31-23-25-55(49-61)57-51-79(97-75-45-19-15-41-71(75)93-67-37-11-7-33-63(67)87-83(93)97)91-80(52-57)98-76-46-20-16-42-72(76)94-68-38-12-8-34-64(68)88-84(94)98)62-32-24-26-56(50-62)58-53-81(99-77-47-21-17-43-73(77)95-69-39-13-9-35-65(69)89-85(95)99)92-82(54-58)100-78-48-22-18-44-74(78)96-70-40-14-10-36-66(70)90-86(96)100/h1-54H. The number of imidazole rings is 8. The summed E-state index contributed by atoms with van der Waals surface area (Å²) < 4.78 is 17.9. The van der Waals surface area contributed by atoms with Gasteiger partial charge in [0.2, 0.25) is 23.1 Å². The maximum atomic E-state index is 5.77. The topological polar surface area (TPSA) is 115 Å². The quantitative estimate of drug-likeness (QED) is 0.135. The van der Waals surface area contributed by atoms with Crippen LogP contribution in [0.4, 0.5) is 0 Å². The predicted octanol–water partition coefficient (Wildman–Crippen LogP) is 20.1. The van der Waals surface area contributed by atoms with E-state index < -0.39 is 10.0 Å². The lowest BCUT2D eigenvalue weighted by Crippen LogP contribution is -2.07. The molecule has 0 unspecified atom stereocenters. The average molecular weight is 1320 g/mol. The van der Waals surface area contributed by atoms with E-state index in [-0.39, 0.29) is 0 Å². The molecule has 0 radical (unpaired) electrons. The van der Waals surface area contributed by atoms with Crippen molar-refractivity contribution in [2.75, 3.05) is 0 Å². The number of fused-ring (bicyclic) bond motifs is 20. The van der Waals surface area contributed by atoms with E-state index in [2.05, 4.69) is 363 Å². The monoisotopic (exact) mass is 1310 g/mol. The van der Waals surface area contributed by atoms with E-state index in [9.17, 15) is 0 Å². The minimum absolute atomic E-state index is 0.717. The summed E-state index contributed by atoms with van der Waals surface area (Å²) in [6.45, 7) is 0. The summed E-state index contributed by atoms with van der Waals surface area (Å²) in [7, 11) is -2.38. The first-order valence-corrected chi connectivity index (χ1v) is 35.4. The predicted molar refractivity (Wildman–Crippen MR) is 405 cm³/mol. The molecule has 474 valence electrons. The van der Waals surface area contributed by atoms with Crippen molar-refractivity contribution in [1.82, 2.24) is 65.8 Å². The summed E-state index contributed by atoms with van der Waals surface area (Å²) in [5.41, 5.74) is 19.8. The molecule has 15 heteroatoms. The summed E-state index contributed by atoms with van der Waals surface area (Å²) in [4.78, 5) is 37.7. The minimum Gasteiger partial charge on any atom is -0.276 e. The lowest BCUT2D eigenvalue weighted by Gasteiger charge is -2.42. The molecule has 0 aliphatic rings. The van der Waals surface area contributed by atoms with Crippen molar-refractivity contribution in [3.63, 3.8) is 0 Å². The molecule has 0 aliphatic carbocycles. The summed E-state index contributed by atoms with van der Waals surface area (Å²) >= 11 is 0. The van der Waals surface area contributed by atoms with Crippen LogP contribution in [0.2, 0.25) is 0 Å². The van der Waals surface area contributed by atoms with Crippen molar-refractivity contribution in [1.29, 1.82) is 0 Å². The van der Waals surface area contributed by atoms with Crippen molar-refractivity contribution in [3.8, 4) is 45.5 Å². The molecule has 0 amide bonds. The molecule has 22 aromatic rings. The number of pyridine rings is 2. The first-order chi connectivity index (χ1) is 50.1. The van der Waals surface area contributed by atoms with Crippen LogP contribution in [0.25, 0.3) is 157 Å². The second kappa shape index (κ2) is 21.2. The number of benzene rings is 12. The fourth-order valence-electron chi connectivity index (χ4n) is 15.9. The van der Waals surface area contributed by atoms with Crippen molar-refractivity contribution in [3.05, 3.63) is 328 Å². The Labute approximate surface area is 576 Å². The van der Waals surface area contributed by atoms with Gasteiger partial charge in [0, 0.05) is 19.6 Å². The van der Waals surface area contributed by atoms with Crippen molar-refractivity contribution >= 4 is 121 Å². The lowest BCUT2D eigenvalue weighted by molar-refractivity contribution is 0.983. The number of aromatic nitrogens is 14. The van der Waals surface area contributed by atoms with Gasteiger partial charge in [0.1, 0.15) is 23.3 Å². The zero-order valence-electron chi connectivity index (χ0n) is 53.8. The molecule has 0 saturated carbocycles. The van der Waals surface area contributed by atoms with Crippen LogP contribution >= 0.6 is 10.0 Å². The van der Waals surface area contributed by atoms with E-state index in [0.29, 0.717) is 23.3 Å². The van der Waals surface area contributed by atoms with Gasteiger partial charge in [-0.05, 0) is 192 Å². The molecule has 22 rings (SSSR count). The minimum atomic E-state index is -2.38. The van der Waals surface area contributed by atoms with Gasteiger partial charge in [-0.3, -0.25) is 35.9 Å². The van der Waals surface area contributed by atoms with Crippen LogP contribution in [-0.2, 0) is 0 Å². The smallest absolute Gasteiger partial charge is 0.221 e. The maximum Gasteiger partial charge on any atom is 0.221 e. The Hall–Kier alpha value is -13.6. The highest BCUT2D eigenvalue weighted by Gasteiger charge is 2.35. The summed E-state index contributed by atoms with van der Waals surface area (Å²) in [6, 6.07) is 117. The van der Waals surface area contributed by atoms with E-state index in [4.69, 9.17) is 29.9 Å². The third-order valence-electron chi connectivity index (χ3n) is 20.2. The molecule has 0 saturated heterocycles. The normalized spacial score (nSPS) is 12.5. The largest absolute Gasteiger partial charge is 0.276 e. The Morgan fingerprint density at radius 2 is 0.416 bits per heavy atom. The molecule has 0 N–H and O–H groups in total. The van der Waals surface area contributed by atoms with Crippen molar-refractivity contribution < 1.29 is 0 Å². The number of hydrogen-bond acceptors (Lipinski definition) is 6. The Kier molecular flexibility index (Phi) is 11.6. The Morgan fingerprint density at radius 3 is 0.703 bits per heavy atom. The fourth-order valence-corrected chi connectivity index (χ4v) is 19.8. The molecule has 0 spiro atoms. The highest BCUT2D eigenvalue weighted by molar-refractivity contribution is 8.34. The summed E-state index contributed by atoms with van der Waals surface area (Å²) in [5.74, 6) is 5.95. The van der Waals surface area contributed by atoms with Gasteiger partial charge in [-0.25, -0.2) is 29.9 Å². The van der Waals surface area contributed by atoms with Gasteiger partial charge in [-0.1, -0.05) is 158 Å². The number of para-hydroxylation sites is 16. The molecular formula is C86H54N14S. The van der Waals surface area contributed by atoms with Crippen LogP contribution in [0.3, 0.4) is 0 Å². The van der Waals surface area contributed by atoms with E-state index >= 15 is 0 Å². The van der Waals surface area contributed by atoms with Crippen LogP contribution < -0.4 is 0 Å². The second-order valence-corrected chi connectivity index (χ2v) is 28.8. The van der Waals surface area contributed by atoms with Gasteiger partial charge < -0.3 is 0 Å². The first kappa shape index (κ1) is 55.5. The number of rotatable bonds is 10. The molecule has 10 heterocycles. The molecule has 14 nitrogen and oxygen atoms in total. The van der Waals surface area contributed by atoms with E-state index in [1.165, 1.54) is 9.79 Å². The van der Waals surface area contributed by atoms with Gasteiger partial charge in [0.25, 0.3) is 0 Å². The Bertz CT molecular complexity index is 6420. The summed E-state index contributed by atoms with van der Waals surface area (Å²) in [5, 5.41) is 0. The van der Waals surface area contributed by atoms with Crippen LogP contribution in [0.15, 0.2) is 347 Å². The van der Waals surface area contributed by atoms with Crippen LogP contribution in [0.1, 0.15) is 0 Å². The molecular weight excluding hydrogens is 1260 g/mol. The molecule has 12 aromatic carbocycles. The zero-order valence-corrected chi connectivity index (χ0v) is 54.7. The summed E-state index contributed by atoms with van der Waals surface area (Å²) in [6.07, 6.45) is 0. The van der Waals surface area contributed by atoms with Gasteiger partial charge >= 0.3 is 0 Å². The van der Waals surface area contributed by atoms with Gasteiger partial charge in [0.05, 0.1) is 88.3 Å². The average Bonchev–Trinajstić information content (AvgIpc) is 1.60. The molecule has 0 atom stereocenters. The molecule has 101 heavy (non-hydrogen) atoms. The van der Waals surface area contributed by atoms with Crippen molar-refractivity contribution in [2.24, 2.45) is 0 Å². The molecule has 10 aromatic heterocycles. The van der Waals surface area contributed by atoms with E-state index in [1.54, 1.807) is 0 Å². The van der Waals surface area contributed by atoms with Crippen LogP contribution in [-0.4, -0.2) is 65.8 Å². The van der Waals surface area contributed by atoms with Gasteiger partial charge in [0.15, 0.2) is 0 Å². The molecule has 0 fully saturated rings. The first-order valence-electron chi connectivity index (χ1n) is 33.8. The third-order valence-corrected chi connectivity index (χ3v) is 24.1. The highest BCUT2D eigenvalue weighted by Crippen LogP contribution is 2.74. The number of hydrogen-bond donors (Lipinski definition) is 0. The Balaban J connectivity index is 0.795. The molecule has 0 aliphatic heterocycles. The van der Waals surface area contributed by atoms with Gasteiger partial charge in [-0.15, -0.1) is 10.0 Å². The second-order valence-electron chi connectivity index (χ2n) is 25.7. The zero-order chi connectivity index (χ0) is 66.0. The van der Waals surface area contributed by atoms with E-state index in [0.717, 1.165) is 143 Å². The fraction of sp³-hybridized carbons (Fsp3) is 0. The van der Waals surface area contributed by atoms with E-state index in [1.807, 2.05) is 0 Å². The highest BCUT2D eigenvalue weighted by atomic mass is 32.3. The van der Waals surface area contributed by atoms with Crippen LogP contribution in [0.5, 0.6) is 0 Å². The van der Waals surface area contributed by atoms with Crippen molar-refractivity contribution in [2.45, 2.75) is 19.6 Å². The van der Waals surface area contributed by atoms with Crippen LogP contribution in [0, 0.1) is 0 Å². The Morgan fingerprint density at radius 1 is 0.178 bits per heavy atom. The van der Waals surface area contributed by atoms with Gasteiger partial charge in [-0.2, -0.15) is 0 Å². The lowest BCUT2D eigenvalue weighted by atomic mass is 10.1. The SMILES string of the molecule is c1ccc(S(c2ccccc2)(c2cccc(-c3cc(-n4c5ccccc5n5c6ccccc6nc45)nc(-n4c5ccccc5n5c6ccccc6nc45)c3)c2)c2cccc(-c3cc(-n4c5ccccc5n5c6ccccc6nc45)nc(-n4c5ccccc5n5c6ccccc6nc45)c3)c2)cc1. The maximum absolute atomic E-state index is 5.77. The number of nitrogens with zero attached hydrogens (tertiary/aromatic N) is 14.